The number of allylic oxidation sites excluding steroid dienone is 7. The molecule has 9 rings (SSSR count). The summed E-state index contributed by atoms with van der Waals surface area (Å²) in [5, 5.41) is 4.68. The molecule has 3 aromatic heterocycles. The molecule has 3 heterocycles. The second-order valence-electron chi connectivity index (χ2n) is 11.6. The van der Waals surface area contributed by atoms with E-state index in [1.807, 2.05) is 67.6 Å². The van der Waals surface area contributed by atoms with Crippen LogP contribution in [0.3, 0.4) is 0 Å². The minimum atomic E-state index is 0.592. The molecule has 5 aromatic carbocycles. The quantitative estimate of drug-likeness (QED) is 0.184. The van der Waals surface area contributed by atoms with Crippen molar-refractivity contribution in [1.29, 1.82) is 0 Å². The van der Waals surface area contributed by atoms with Crippen molar-refractivity contribution in [2.24, 2.45) is 0 Å². The van der Waals surface area contributed by atoms with E-state index < -0.39 is 0 Å². The molecule has 230 valence electrons. The summed E-state index contributed by atoms with van der Waals surface area (Å²) in [4.78, 5) is 15.3. The van der Waals surface area contributed by atoms with Crippen molar-refractivity contribution in [3.8, 4) is 28.7 Å². The molecule has 0 bridgehead atoms. The summed E-state index contributed by atoms with van der Waals surface area (Å²) in [6.07, 6.45) is 13.6. The Labute approximate surface area is 279 Å². The summed E-state index contributed by atoms with van der Waals surface area (Å²) in [7, 11) is 0. The van der Waals surface area contributed by atoms with Crippen LogP contribution in [-0.2, 0) is 0 Å². The van der Waals surface area contributed by atoms with E-state index in [2.05, 4.69) is 107 Å². The van der Waals surface area contributed by atoms with Crippen LogP contribution in [0, 0.1) is 0 Å². The molecule has 8 aromatic rings. The third kappa shape index (κ3) is 4.93. The highest BCUT2D eigenvalue weighted by molar-refractivity contribution is 6.26. The van der Waals surface area contributed by atoms with E-state index >= 15 is 0 Å². The smallest absolute Gasteiger partial charge is 0.238 e. The maximum atomic E-state index is 5.17. The predicted molar refractivity (Wildman–Crippen MR) is 201 cm³/mol. The van der Waals surface area contributed by atoms with Crippen molar-refractivity contribution in [3.05, 3.63) is 164 Å². The van der Waals surface area contributed by atoms with Gasteiger partial charge in [-0.05, 0) is 43.7 Å². The Balaban J connectivity index is 0.00000108. The topological polar surface area (TPSA) is 48.5 Å². The van der Waals surface area contributed by atoms with Crippen LogP contribution in [0.15, 0.2) is 164 Å². The Morgan fingerprint density at radius 1 is 0.583 bits per heavy atom. The van der Waals surface area contributed by atoms with Crippen molar-refractivity contribution in [1.82, 2.24) is 24.1 Å². The number of para-hydroxylation sites is 2. The second-order valence-corrected chi connectivity index (χ2v) is 11.6. The second kappa shape index (κ2) is 12.5. The first-order valence-corrected chi connectivity index (χ1v) is 16.2. The molecule has 0 N–H and O–H groups in total. The zero-order valence-corrected chi connectivity index (χ0v) is 26.7. The number of hydrogen-bond acceptors (Lipinski definition) is 3. The molecule has 0 spiro atoms. The summed E-state index contributed by atoms with van der Waals surface area (Å²) in [5.41, 5.74) is 7.46. The molecule has 48 heavy (non-hydrogen) atoms. The Morgan fingerprint density at radius 3 is 1.83 bits per heavy atom. The molecular weight excluding hydrogens is 587 g/mol. The lowest BCUT2D eigenvalue weighted by atomic mass is 10.1. The van der Waals surface area contributed by atoms with Crippen molar-refractivity contribution < 1.29 is 0 Å². The molecule has 0 atom stereocenters. The predicted octanol–water partition coefficient (Wildman–Crippen LogP) is 11.0. The first kappa shape index (κ1) is 29.1. The first-order valence-electron chi connectivity index (χ1n) is 16.2. The van der Waals surface area contributed by atoms with E-state index in [9.17, 15) is 0 Å². The summed E-state index contributed by atoms with van der Waals surface area (Å²) in [6, 6.07) is 42.0. The van der Waals surface area contributed by atoms with Gasteiger partial charge < -0.3 is 4.57 Å². The Morgan fingerprint density at radius 2 is 1.17 bits per heavy atom. The molecule has 0 saturated carbocycles. The maximum Gasteiger partial charge on any atom is 0.238 e. The number of nitrogens with zero attached hydrogens (tertiary/aromatic N) is 5. The van der Waals surface area contributed by atoms with Gasteiger partial charge in [-0.1, -0.05) is 127 Å². The van der Waals surface area contributed by atoms with E-state index in [1.54, 1.807) is 6.08 Å². The number of aromatic nitrogens is 5. The van der Waals surface area contributed by atoms with Crippen LogP contribution in [0.25, 0.3) is 78.0 Å². The van der Waals surface area contributed by atoms with Crippen LogP contribution in [0.2, 0.25) is 0 Å². The fourth-order valence-electron chi connectivity index (χ4n) is 6.61. The van der Waals surface area contributed by atoms with Crippen molar-refractivity contribution >= 4 is 49.3 Å². The summed E-state index contributed by atoms with van der Waals surface area (Å²) >= 11 is 0. The molecule has 1 aliphatic carbocycles. The lowest BCUT2D eigenvalue weighted by molar-refractivity contribution is 0.955. The van der Waals surface area contributed by atoms with Crippen molar-refractivity contribution in [2.75, 3.05) is 0 Å². The number of hydrogen-bond donors (Lipinski definition) is 0. The van der Waals surface area contributed by atoms with Gasteiger partial charge in [0, 0.05) is 38.4 Å². The Hall–Kier alpha value is -6.33. The normalized spacial score (nSPS) is 12.6. The lowest BCUT2D eigenvalue weighted by Crippen LogP contribution is -2.06. The molecule has 0 aliphatic heterocycles. The van der Waals surface area contributed by atoms with Crippen LogP contribution in [-0.4, -0.2) is 24.1 Å². The maximum absolute atomic E-state index is 5.17. The van der Waals surface area contributed by atoms with Gasteiger partial charge in [-0.2, -0.15) is 9.97 Å². The average Bonchev–Trinajstić information content (AvgIpc) is 3.52. The number of rotatable bonds is 4. The monoisotopic (exact) mass is 619 g/mol. The van der Waals surface area contributed by atoms with Crippen molar-refractivity contribution in [2.45, 2.75) is 13.3 Å². The van der Waals surface area contributed by atoms with Gasteiger partial charge >= 0.3 is 0 Å². The van der Waals surface area contributed by atoms with Gasteiger partial charge in [0.15, 0.2) is 11.6 Å². The molecule has 0 amide bonds. The molecule has 0 radical (unpaired) electrons. The van der Waals surface area contributed by atoms with Crippen LogP contribution in [0.5, 0.6) is 0 Å². The largest absolute Gasteiger partial charge is 0.309 e. The van der Waals surface area contributed by atoms with Crippen LogP contribution in [0.1, 0.15) is 13.3 Å². The number of fused-ring (bicyclic) bond motifs is 7. The highest BCUT2D eigenvalue weighted by Crippen LogP contribution is 2.42. The van der Waals surface area contributed by atoms with Gasteiger partial charge in [-0.25, -0.2) is 4.98 Å². The molecule has 1 aliphatic rings. The number of benzene rings is 5. The van der Waals surface area contributed by atoms with E-state index in [-0.39, 0.29) is 0 Å². The van der Waals surface area contributed by atoms with Crippen molar-refractivity contribution in [3.63, 3.8) is 0 Å². The van der Waals surface area contributed by atoms with Crippen LogP contribution < -0.4 is 0 Å². The van der Waals surface area contributed by atoms with Crippen LogP contribution >= 0.6 is 0 Å². The van der Waals surface area contributed by atoms with Gasteiger partial charge in [0.2, 0.25) is 5.95 Å². The zero-order chi connectivity index (χ0) is 32.5. The molecular formula is C43H33N5. The summed E-state index contributed by atoms with van der Waals surface area (Å²) in [6.45, 7) is 5.25. The third-order valence-electron chi connectivity index (χ3n) is 8.58. The van der Waals surface area contributed by atoms with Gasteiger partial charge in [-0.3, -0.25) is 4.57 Å². The highest BCUT2D eigenvalue weighted by atomic mass is 15.2. The van der Waals surface area contributed by atoms with Crippen LogP contribution in [0.4, 0.5) is 0 Å². The van der Waals surface area contributed by atoms with Gasteiger partial charge in [-0.15, -0.1) is 6.58 Å². The third-order valence-corrected chi connectivity index (χ3v) is 8.58. The first-order chi connectivity index (χ1) is 23.8. The highest BCUT2D eigenvalue weighted by Gasteiger charge is 2.23. The summed E-state index contributed by atoms with van der Waals surface area (Å²) < 4.78 is 4.61. The fraction of sp³-hybridized carbons (Fsp3) is 0.0465. The van der Waals surface area contributed by atoms with Gasteiger partial charge in [0.1, 0.15) is 0 Å². The SMILES string of the molecule is C1=CCC=CC(n2c3ccccc3c3c2ccc2c4ccccc4n(-c4nc(-c5ccccc5)nc(-c5ccccc5)n4)c23)=C1.C=CC. The minimum Gasteiger partial charge on any atom is -0.309 e. The molecule has 5 heteroatoms. The Kier molecular flexibility index (Phi) is 7.55. The van der Waals surface area contributed by atoms with E-state index in [0.29, 0.717) is 17.6 Å². The molecule has 0 saturated heterocycles. The Bertz CT molecular complexity index is 2490. The summed E-state index contributed by atoms with van der Waals surface area (Å²) in [5.74, 6) is 1.87. The average molecular weight is 620 g/mol. The van der Waals surface area contributed by atoms with Gasteiger partial charge in [0.05, 0.1) is 22.1 Å². The lowest BCUT2D eigenvalue weighted by Gasteiger charge is -2.12. The minimum absolute atomic E-state index is 0.592. The zero-order valence-electron chi connectivity index (χ0n) is 26.7. The fourth-order valence-corrected chi connectivity index (χ4v) is 6.61. The molecule has 0 unspecified atom stereocenters. The van der Waals surface area contributed by atoms with Gasteiger partial charge in [0.25, 0.3) is 0 Å². The molecule has 5 nitrogen and oxygen atoms in total. The standard InChI is InChI=1S/C40H27N5.C3H6/c1-2-10-20-29(19-9-1)44-34-24-14-12-22-32(34)36-35(44)26-25-31-30-21-11-13-23-33(30)45(37(31)36)40-42-38(27-15-5-3-6-16-27)41-39(43-40)28-17-7-4-8-18-28;1-3-2/h1,3-26H,2H2;3H,1H2,2H3. The van der Waals surface area contributed by atoms with E-state index in [0.717, 1.165) is 56.1 Å². The van der Waals surface area contributed by atoms with E-state index in [1.165, 1.54) is 10.8 Å². The molecule has 0 fully saturated rings. The van der Waals surface area contributed by atoms with E-state index in [4.69, 9.17) is 15.0 Å².